The number of nitrogens with one attached hydrogen (secondary N) is 6. The number of amides is 4. The summed E-state index contributed by atoms with van der Waals surface area (Å²) in [4.78, 5) is 76.0. The van der Waals surface area contributed by atoms with Gasteiger partial charge in [-0.05, 0) is 132 Å². The fraction of sp³-hybridized carbons (Fsp3) is 0.324. The topological polar surface area (TPSA) is 174 Å². The summed E-state index contributed by atoms with van der Waals surface area (Å²) in [6.45, 7) is 16.9. The molecule has 2 aliphatic heterocycles. The predicted molar refractivity (Wildman–Crippen MR) is 321 cm³/mol. The zero-order valence-corrected chi connectivity index (χ0v) is 46.8. The number of H-pyrrole nitrogens is 2. The zero-order chi connectivity index (χ0) is 55.6. The van der Waals surface area contributed by atoms with E-state index < -0.39 is 0 Å². The summed E-state index contributed by atoms with van der Waals surface area (Å²) in [6.07, 6.45) is 8.32. The summed E-state index contributed by atoms with van der Waals surface area (Å²) in [6, 6.07) is 40.2. The number of aryl methyl sites for hydroxylation is 2. The molecule has 404 valence electrons. The van der Waals surface area contributed by atoms with E-state index in [0.29, 0.717) is 63.7 Å². The number of anilines is 4. The summed E-state index contributed by atoms with van der Waals surface area (Å²) in [5.74, 6) is -0.861. The molecule has 6 aliphatic rings. The van der Waals surface area contributed by atoms with Crippen molar-refractivity contribution in [3.8, 4) is 44.5 Å². The molecule has 4 atom stereocenters. The van der Waals surface area contributed by atoms with Crippen LogP contribution in [0.25, 0.3) is 78.7 Å². The van der Waals surface area contributed by atoms with E-state index in [1.807, 2.05) is 84.9 Å². The van der Waals surface area contributed by atoms with E-state index in [9.17, 15) is 19.2 Å². The molecular weight excluding hydrogens is 993 g/mol. The number of hydrogen-bond acceptors (Lipinski definition) is 6. The Labute approximate surface area is 466 Å². The van der Waals surface area contributed by atoms with Gasteiger partial charge in [-0.1, -0.05) is 128 Å². The maximum absolute atomic E-state index is 14.2. The van der Waals surface area contributed by atoms with Gasteiger partial charge in [-0.15, -0.1) is 0 Å². The molecule has 6 N–H and O–H groups in total. The molecule has 12 nitrogen and oxygen atoms in total. The summed E-state index contributed by atoms with van der Waals surface area (Å²) in [7, 11) is 0. The van der Waals surface area contributed by atoms with E-state index in [0.717, 1.165) is 87.0 Å². The second-order valence-corrected chi connectivity index (χ2v) is 25.9. The highest BCUT2D eigenvalue weighted by Crippen LogP contribution is 2.56. The van der Waals surface area contributed by atoms with Gasteiger partial charge in [-0.3, -0.25) is 24.2 Å². The Morgan fingerprint density at radius 2 is 0.688 bits per heavy atom. The minimum Gasteiger partial charge on any atom is -0.354 e. The zero-order valence-electron chi connectivity index (χ0n) is 46.8. The molecule has 12 heteroatoms. The number of benzene rings is 4. The molecule has 4 saturated carbocycles. The molecule has 0 spiro atoms. The van der Waals surface area contributed by atoms with E-state index in [1.165, 1.54) is 0 Å². The predicted octanol–water partition coefficient (Wildman–Crippen LogP) is 14.9. The number of carbonyl (C=O) groups excluding carboxylic acids is 4. The highest BCUT2D eigenvalue weighted by molar-refractivity contribution is 6.11. The van der Waals surface area contributed by atoms with Crippen molar-refractivity contribution in [2.45, 2.75) is 93.9 Å². The van der Waals surface area contributed by atoms with E-state index in [-0.39, 0.29) is 69.0 Å². The lowest BCUT2D eigenvalue weighted by Crippen LogP contribution is -2.19. The van der Waals surface area contributed by atoms with Crippen LogP contribution in [-0.4, -0.2) is 43.6 Å². The molecule has 4 aromatic carbocycles. The van der Waals surface area contributed by atoms with Crippen molar-refractivity contribution < 1.29 is 19.2 Å². The first-order valence-electron chi connectivity index (χ1n) is 28.3. The number of aromatic nitrogens is 4. The van der Waals surface area contributed by atoms with Crippen LogP contribution in [-0.2, 0) is 32.0 Å². The van der Waals surface area contributed by atoms with E-state index in [2.05, 4.69) is 135 Å². The molecule has 8 bridgehead atoms. The summed E-state index contributed by atoms with van der Waals surface area (Å²) >= 11 is 0. The molecule has 4 amide bonds. The van der Waals surface area contributed by atoms with Gasteiger partial charge in [0.1, 0.15) is 0 Å². The molecule has 0 saturated heterocycles. The lowest BCUT2D eigenvalue weighted by atomic mass is 9.97. The van der Waals surface area contributed by atoms with Gasteiger partial charge in [0.25, 0.3) is 0 Å². The maximum Gasteiger partial charge on any atom is 0.228 e. The summed E-state index contributed by atoms with van der Waals surface area (Å²) < 4.78 is 0. The van der Waals surface area contributed by atoms with Crippen LogP contribution in [0.5, 0.6) is 0 Å². The van der Waals surface area contributed by atoms with Gasteiger partial charge in [-0.25, -0.2) is 4.98 Å². The van der Waals surface area contributed by atoms with Gasteiger partial charge >= 0.3 is 0 Å². The minimum atomic E-state index is -0.158. The number of hydrogen-bond donors (Lipinski definition) is 6. The SMILES string of the molecule is CC1(C)C[C@@H]1C(=O)Nc1cccc(NC(=O)[C@@H]2CC2(C)C)c1-c1c2nc(c(-c3ccccc3)c3ccc([nH]3)c(-c3c(NC(=O)[C@H]4CC4(C)C)cccc3NC(=O)[C@@H]3CC3(C)C)c3nc(c(-c4ccccc4)c4ccc1[nH]4)CC3)C=C2. The lowest BCUT2D eigenvalue weighted by molar-refractivity contribution is -0.118. The van der Waals surface area contributed by atoms with Gasteiger partial charge in [0, 0.05) is 79.1 Å². The first-order valence-corrected chi connectivity index (χ1v) is 28.3. The first-order chi connectivity index (χ1) is 38.2. The largest absolute Gasteiger partial charge is 0.354 e. The van der Waals surface area contributed by atoms with Crippen LogP contribution in [0, 0.1) is 45.3 Å². The van der Waals surface area contributed by atoms with Crippen molar-refractivity contribution in [1.29, 1.82) is 0 Å². The van der Waals surface area contributed by atoms with Gasteiger partial charge < -0.3 is 31.2 Å². The number of carbonyl (C=O) groups is 4. The normalized spacial score (nSPS) is 21.0. The van der Waals surface area contributed by atoms with Crippen molar-refractivity contribution >= 4 is 80.6 Å². The molecule has 7 aromatic rings. The molecule has 13 rings (SSSR count). The van der Waals surface area contributed by atoms with E-state index >= 15 is 0 Å². The van der Waals surface area contributed by atoms with Gasteiger partial charge in [-0.2, -0.15) is 0 Å². The Morgan fingerprint density at radius 1 is 0.375 bits per heavy atom. The lowest BCUT2D eigenvalue weighted by Gasteiger charge is -2.19. The highest BCUT2D eigenvalue weighted by Gasteiger charge is 2.53. The molecule has 0 unspecified atom stereocenters. The van der Waals surface area contributed by atoms with Crippen LogP contribution in [0.2, 0.25) is 0 Å². The number of nitrogens with zero attached hydrogens (tertiary/aromatic N) is 2. The highest BCUT2D eigenvalue weighted by atomic mass is 16.2. The molecule has 3 aromatic heterocycles. The van der Waals surface area contributed by atoms with Crippen LogP contribution >= 0.6 is 0 Å². The fourth-order valence-electron chi connectivity index (χ4n) is 12.4. The Balaban J connectivity index is 1.12. The average molecular weight is 1060 g/mol. The third-order valence-electron chi connectivity index (χ3n) is 18.2. The maximum atomic E-state index is 14.2. The molecule has 80 heavy (non-hydrogen) atoms. The van der Waals surface area contributed by atoms with Crippen molar-refractivity contribution in [3.63, 3.8) is 0 Å². The van der Waals surface area contributed by atoms with Gasteiger partial charge in [0.15, 0.2) is 0 Å². The first kappa shape index (κ1) is 51.1. The quantitative estimate of drug-likeness (QED) is 0.0710. The number of rotatable bonds is 12. The van der Waals surface area contributed by atoms with E-state index in [4.69, 9.17) is 9.97 Å². The standard InChI is InChI=1S/C68H68N8O4/c1-65(2)33-39(65)61(77)73-43-21-15-22-44(74-62(78)40-34-66(40,3)4)57(43)59-51-29-25-47(69-51)55(37-17-11-9-12-18-37)49-27-31-53(71-49)60(54-32-28-50(72-54)56(38-19-13-10-14-20-38)48-26-30-52(59)70-48)58-45(75-63(79)41-35-67(41,5)6)23-16-24-46(58)76-64(80)42-36-68(42,7)8/h9-27,29-31,39-42,70-71H,28,32-36H2,1-8H3,(H,73,77)(H,74,78)(H,75,79)(H,76,80)/t39-,40+,41-,42+. The fourth-order valence-corrected chi connectivity index (χ4v) is 12.4. The second-order valence-electron chi connectivity index (χ2n) is 25.9. The summed E-state index contributed by atoms with van der Waals surface area (Å²) in [5.41, 5.74) is 14.3. The molecule has 4 aliphatic carbocycles. The average Bonchev–Trinajstić information content (AvgIpc) is 4.32. The monoisotopic (exact) mass is 1060 g/mol. The number of aromatic amines is 2. The van der Waals surface area contributed by atoms with Crippen LogP contribution in [0.3, 0.4) is 0 Å². The minimum absolute atomic E-state index is 0.0564. The van der Waals surface area contributed by atoms with Crippen molar-refractivity contribution in [2.24, 2.45) is 45.3 Å². The molecule has 4 fully saturated rings. The van der Waals surface area contributed by atoms with Crippen LogP contribution in [0.4, 0.5) is 22.7 Å². The van der Waals surface area contributed by atoms with Crippen LogP contribution < -0.4 is 21.3 Å². The molecule has 5 heterocycles. The summed E-state index contributed by atoms with van der Waals surface area (Å²) in [5, 5.41) is 13.4. The Bertz CT molecular complexity index is 3870. The number of fused-ring (bicyclic) bond motifs is 8. The third-order valence-corrected chi connectivity index (χ3v) is 18.2. The Hall–Kier alpha value is -8.38. The van der Waals surface area contributed by atoms with Crippen LogP contribution in [0.1, 0.15) is 104 Å². The van der Waals surface area contributed by atoms with Gasteiger partial charge in [0.2, 0.25) is 23.6 Å². The van der Waals surface area contributed by atoms with Gasteiger partial charge in [0.05, 0.1) is 45.5 Å². The molecular formula is C68H68N8O4. The Kier molecular flexibility index (Phi) is 11.9. The van der Waals surface area contributed by atoms with Crippen molar-refractivity contribution in [2.75, 3.05) is 21.3 Å². The smallest absolute Gasteiger partial charge is 0.228 e. The Morgan fingerprint density at radius 3 is 1.07 bits per heavy atom. The van der Waals surface area contributed by atoms with Crippen molar-refractivity contribution in [3.05, 3.63) is 144 Å². The molecule has 0 radical (unpaired) electrons. The van der Waals surface area contributed by atoms with E-state index in [1.54, 1.807) is 0 Å². The van der Waals surface area contributed by atoms with Crippen molar-refractivity contribution in [1.82, 2.24) is 19.9 Å². The second kappa shape index (κ2) is 18.6. The van der Waals surface area contributed by atoms with Crippen LogP contribution in [0.15, 0.2) is 121 Å². The third kappa shape index (κ3) is 9.31.